The minimum Gasteiger partial charge on any atom is -0.324 e. The second kappa shape index (κ2) is 6.15. The number of carbonyl (C=O) groups is 1. The number of carbonyl (C=O) groups excluding carboxylic acids is 1. The van der Waals surface area contributed by atoms with Gasteiger partial charge in [0.1, 0.15) is 0 Å². The summed E-state index contributed by atoms with van der Waals surface area (Å²) in [5.74, 6) is 0.505. The van der Waals surface area contributed by atoms with E-state index in [1.165, 1.54) is 0 Å². The Morgan fingerprint density at radius 2 is 2.11 bits per heavy atom. The van der Waals surface area contributed by atoms with E-state index < -0.39 is 0 Å². The van der Waals surface area contributed by atoms with Crippen molar-refractivity contribution in [3.63, 3.8) is 0 Å². The Morgan fingerprint density at radius 3 is 2.74 bits per heavy atom. The lowest BCUT2D eigenvalue weighted by molar-refractivity contribution is -0.116. The molecule has 1 aromatic carbocycles. The molecule has 2 rings (SSSR count). The van der Waals surface area contributed by atoms with E-state index >= 15 is 0 Å². The normalized spacial score (nSPS) is 12.1. The number of amides is 1. The van der Waals surface area contributed by atoms with E-state index in [1.807, 2.05) is 30.3 Å². The van der Waals surface area contributed by atoms with Gasteiger partial charge in [-0.25, -0.2) is 0 Å². The van der Waals surface area contributed by atoms with E-state index in [0.29, 0.717) is 18.7 Å². The van der Waals surface area contributed by atoms with Crippen LogP contribution in [0.3, 0.4) is 0 Å². The molecule has 0 bridgehead atoms. The first-order valence-electron chi connectivity index (χ1n) is 6.25. The zero-order chi connectivity index (χ0) is 13.7. The number of anilines is 1. The Labute approximate surface area is 112 Å². The van der Waals surface area contributed by atoms with Crippen molar-refractivity contribution in [3.8, 4) is 0 Å². The molecule has 1 atom stereocenters. The maximum Gasteiger partial charge on any atom is 0.225 e. The van der Waals surface area contributed by atoms with Crippen molar-refractivity contribution in [2.75, 3.05) is 5.32 Å². The maximum absolute atomic E-state index is 11.7. The molecule has 100 valence electrons. The maximum atomic E-state index is 11.7. The number of benzene rings is 1. The number of hydrogen-bond acceptors (Lipinski definition) is 3. The van der Waals surface area contributed by atoms with Gasteiger partial charge in [0.25, 0.3) is 0 Å². The van der Waals surface area contributed by atoms with Gasteiger partial charge < -0.3 is 11.1 Å². The Bertz CT molecular complexity index is 535. The third-order valence-electron chi connectivity index (χ3n) is 2.89. The third kappa shape index (κ3) is 3.93. The van der Waals surface area contributed by atoms with Crippen LogP contribution < -0.4 is 11.1 Å². The van der Waals surface area contributed by atoms with Gasteiger partial charge in [-0.3, -0.25) is 9.48 Å². The molecule has 0 saturated heterocycles. The molecule has 5 heteroatoms. The second-order valence-corrected chi connectivity index (χ2v) is 4.48. The predicted molar refractivity (Wildman–Crippen MR) is 74.4 cm³/mol. The fourth-order valence-corrected chi connectivity index (χ4v) is 1.84. The molecule has 0 aliphatic heterocycles. The van der Waals surface area contributed by atoms with Gasteiger partial charge in [0.15, 0.2) is 5.82 Å². The van der Waals surface area contributed by atoms with E-state index in [-0.39, 0.29) is 11.9 Å². The van der Waals surface area contributed by atoms with Gasteiger partial charge in [-0.15, -0.1) is 0 Å². The molecule has 1 heterocycles. The number of aryl methyl sites for hydroxylation is 1. The van der Waals surface area contributed by atoms with Crippen molar-refractivity contribution < 1.29 is 4.79 Å². The topological polar surface area (TPSA) is 72.9 Å². The van der Waals surface area contributed by atoms with E-state index in [2.05, 4.69) is 10.4 Å². The van der Waals surface area contributed by atoms with Gasteiger partial charge in [0, 0.05) is 31.8 Å². The molecule has 1 amide bonds. The van der Waals surface area contributed by atoms with Gasteiger partial charge in [-0.05, 0) is 12.0 Å². The molecule has 0 saturated carbocycles. The lowest BCUT2D eigenvalue weighted by Gasteiger charge is -2.11. The molecular formula is C14H18N4O. The quantitative estimate of drug-likeness (QED) is 0.859. The molecule has 5 nitrogen and oxygen atoms in total. The molecule has 3 N–H and O–H groups in total. The van der Waals surface area contributed by atoms with Crippen LogP contribution in [0.5, 0.6) is 0 Å². The third-order valence-corrected chi connectivity index (χ3v) is 2.89. The lowest BCUT2D eigenvalue weighted by atomic mass is 10.0. The van der Waals surface area contributed by atoms with Crippen LogP contribution in [0.1, 0.15) is 24.4 Å². The largest absolute Gasteiger partial charge is 0.324 e. The molecule has 0 spiro atoms. The van der Waals surface area contributed by atoms with Gasteiger partial charge in [-0.2, -0.15) is 5.10 Å². The summed E-state index contributed by atoms with van der Waals surface area (Å²) in [5, 5.41) is 6.83. The first kappa shape index (κ1) is 13.3. The molecule has 0 fully saturated rings. The monoisotopic (exact) mass is 258 g/mol. The fourth-order valence-electron chi connectivity index (χ4n) is 1.84. The van der Waals surface area contributed by atoms with Gasteiger partial charge in [-0.1, -0.05) is 30.3 Å². The molecule has 1 unspecified atom stereocenters. The molecular weight excluding hydrogens is 240 g/mol. The molecule has 0 aliphatic carbocycles. The molecule has 2 aromatic rings. The minimum absolute atomic E-state index is 0.0647. The van der Waals surface area contributed by atoms with Crippen LogP contribution in [0, 0.1) is 0 Å². The van der Waals surface area contributed by atoms with Crippen molar-refractivity contribution in [1.29, 1.82) is 0 Å². The number of hydrogen-bond donors (Lipinski definition) is 2. The average molecular weight is 258 g/mol. The fraction of sp³-hybridized carbons (Fsp3) is 0.286. The van der Waals surface area contributed by atoms with E-state index in [0.717, 1.165) is 5.56 Å². The second-order valence-electron chi connectivity index (χ2n) is 4.48. The number of aromatic nitrogens is 2. The summed E-state index contributed by atoms with van der Waals surface area (Å²) in [6.07, 6.45) is 2.78. The van der Waals surface area contributed by atoms with Crippen molar-refractivity contribution in [2.45, 2.75) is 18.9 Å². The van der Waals surface area contributed by atoms with Gasteiger partial charge >= 0.3 is 0 Å². The van der Waals surface area contributed by atoms with Crippen LogP contribution >= 0.6 is 0 Å². The predicted octanol–water partition coefficient (Wildman–Crippen LogP) is 1.84. The highest BCUT2D eigenvalue weighted by atomic mass is 16.1. The highest BCUT2D eigenvalue weighted by Crippen LogP contribution is 2.15. The zero-order valence-electron chi connectivity index (χ0n) is 10.9. The van der Waals surface area contributed by atoms with E-state index in [9.17, 15) is 4.79 Å². The average Bonchev–Trinajstić information content (AvgIpc) is 2.82. The van der Waals surface area contributed by atoms with E-state index in [4.69, 9.17) is 5.73 Å². The minimum atomic E-state index is -0.115. The van der Waals surface area contributed by atoms with Gasteiger partial charge in [0.2, 0.25) is 5.91 Å². The summed E-state index contributed by atoms with van der Waals surface area (Å²) >= 11 is 0. The van der Waals surface area contributed by atoms with Gasteiger partial charge in [0.05, 0.1) is 0 Å². The Hall–Kier alpha value is -2.14. The number of nitrogens with zero attached hydrogens (tertiary/aromatic N) is 2. The standard InChI is InChI=1S/C14H18N4O/c1-18-10-9-13(17-18)16-14(19)8-7-12(15)11-5-3-2-4-6-11/h2-6,9-10,12H,7-8,15H2,1H3,(H,16,17,19). The Morgan fingerprint density at radius 1 is 1.37 bits per heavy atom. The summed E-state index contributed by atoms with van der Waals surface area (Å²) in [6.45, 7) is 0. The van der Waals surface area contributed by atoms with Crippen LogP contribution in [-0.2, 0) is 11.8 Å². The van der Waals surface area contributed by atoms with Crippen molar-refractivity contribution in [1.82, 2.24) is 9.78 Å². The summed E-state index contributed by atoms with van der Waals surface area (Å²) in [6, 6.07) is 11.4. The SMILES string of the molecule is Cn1ccc(NC(=O)CCC(N)c2ccccc2)n1. The highest BCUT2D eigenvalue weighted by Gasteiger charge is 2.09. The Kier molecular flexibility index (Phi) is 4.30. The van der Waals surface area contributed by atoms with Crippen LogP contribution in [0.4, 0.5) is 5.82 Å². The molecule has 19 heavy (non-hydrogen) atoms. The van der Waals surface area contributed by atoms with Crippen molar-refractivity contribution >= 4 is 11.7 Å². The van der Waals surface area contributed by atoms with Crippen molar-refractivity contribution in [2.24, 2.45) is 12.8 Å². The van der Waals surface area contributed by atoms with Crippen LogP contribution in [-0.4, -0.2) is 15.7 Å². The van der Waals surface area contributed by atoms with Crippen LogP contribution in [0.15, 0.2) is 42.6 Å². The van der Waals surface area contributed by atoms with E-state index in [1.54, 1.807) is 24.0 Å². The highest BCUT2D eigenvalue weighted by molar-refractivity contribution is 5.89. The molecule has 0 aliphatic rings. The molecule has 1 aromatic heterocycles. The summed E-state index contributed by atoms with van der Waals surface area (Å²) < 4.78 is 1.64. The summed E-state index contributed by atoms with van der Waals surface area (Å²) in [5.41, 5.74) is 7.09. The smallest absolute Gasteiger partial charge is 0.225 e. The number of rotatable bonds is 5. The zero-order valence-corrected chi connectivity index (χ0v) is 10.9. The van der Waals surface area contributed by atoms with Crippen LogP contribution in [0.25, 0.3) is 0 Å². The first-order chi connectivity index (χ1) is 9.15. The van der Waals surface area contributed by atoms with Crippen LogP contribution in [0.2, 0.25) is 0 Å². The van der Waals surface area contributed by atoms with Crippen molar-refractivity contribution in [3.05, 3.63) is 48.2 Å². The number of nitrogens with one attached hydrogen (secondary N) is 1. The molecule has 0 radical (unpaired) electrons. The lowest BCUT2D eigenvalue weighted by Crippen LogP contribution is -2.17. The summed E-state index contributed by atoms with van der Waals surface area (Å²) in [4.78, 5) is 11.7. The number of nitrogens with two attached hydrogens (primary N) is 1. The summed E-state index contributed by atoms with van der Waals surface area (Å²) in [7, 11) is 1.81. The Balaban J connectivity index is 1.80. The first-order valence-corrected chi connectivity index (χ1v) is 6.25.